The number of sulfonamides is 1. The highest BCUT2D eigenvalue weighted by atomic mass is 32.2. The Labute approximate surface area is 95.9 Å². The monoisotopic (exact) mass is 253 g/mol. The van der Waals surface area contributed by atoms with Crippen molar-refractivity contribution < 1.29 is 23.4 Å². The summed E-state index contributed by atoms with van der Waals surface area (Å²) in [7, 11) is -2.13. The van der Waals surface area contributed by atoms with Crippen LogP contribution in [-0.4, -0.2) is 53.9 Å². The van der Waals surface area contributed by atoms with Crippen molar-refractivity contribution in [2.45, 2.75) is 32.2 Å². The highest BCUT2D eigenvalue weighted by Crippen LogP contribution is 2.16. The van der Waals surface area contributed by atoms with Gasteiger partial charge in [0.1, 0.15) is 0 Å². The predicted octanol–water partition coefficient (Wildman–Crippen LogP) is -0.116. The SMILES string of the molecule is CN(C(C)(C)CO)S(=O)(=O)CCCC(=O)O. The van der Waals surface area contributed by atoms with Crippen LogP contribution >= 0.6 is 0 Å². The summed E-state index contributed by atoms with van der Waals surface area (Å²) in [5.74, 6) is -1.24. The Balaban J connectivity index is 4.50. The topological polar surface area (TPSA) is 94.9 Å². The number of nitrogens with zero attached hydrogens (tertiary/aromatic N) is 1. The lowest BCUT2D eigenvalue weighted by atomic mass is 10.1. The molecule has 6 nitrogen and oxygen atoms in total. The van der Waals surface area contributed by atoms with Crippen LogP contribution in [0.25, 0.3) is 0 Å². The average Bonchev–Trinajstić information content (AvgIpc) is 2.15. The van der Waals surface area contributed by atoms with Gasteiger partial charge < -0.3 is 10.2 Å². The number of hydrogen-bond donors (Lipinski definition) is 2. The fourth-order valence-electron chi connectivity index (χ4n) is 1.02. The van der Waals surface area contributed by atoms with Gasteiger partial charge in [0.25, 0.3) is 0 Å². The second-order valence-electron chi connectivity index (χ2n) is 4.25. The molecule has 0 saturated carbocycles. The summed E-state index contributed by atoms with van der Waals surface area (Å²) >= 11 is 0. The summed E-state index contributed by atoms with van der Waals surface area (Å²) < 4.78 is 24.6. The Hall–Kier alpha value is -0.660. The van der Waals surface area contributed by atoms with Crippen LogP contribution in [0.15, 0.2) is 0 Å². The lowest BCUT2D eigenvalue weighted by Gasteiger charge is -2.32. The number of rotatable bonds is 7. The van der Waals surface area contributed by atoms with Crippen molar-refractivity contribution in [3.63, 3.8) is 0 Å². The zero-order valence-electron chi connectivity index (χ0n) is 9.80. The van der Waals surface area contributed by atoms with Gasteiger partial charge in [-0.15, -0.1) is 0 Å². The van der Waals surface area contributed by atoms with Gasteiger partial charge >= 0.3 is 5.97 Å². The van der Waals surface area contributed by atoms with Crippen molar-refractivity contribution in [3.8, 4) is 0 Å². The molecule has 0 aromatic rings. The fourth-order valence-corrected chi connectivity index (χ4v) is 2.61. The van der Waals surface area contributed by atoms with Crippen LogP contribution in [0.3, 0.4) is 0 Å². The third-order valence-electron chi connectivity index (χ3n) is 2.45. The van der Waals surface area contributed by atoms with E-state index in [-0.39, 0.29) is 25.2 Å². The fraction of sp³-hybridized carbons (Fsp3) is 0.889. The van der Waals surface area contributed by atoms with E-state index < -0.39 is 21.5 Å². The molecule has 0 rings (SSSR count). The lowest BCUT2D eigenvalue weighted by Crippen LogP contribution is -2.48. The third-order valence-corrected chi connectivity index (χ3v) is 4.58. The molecule has 0 aliphatic carbocycles. The van der Waals surface area contributed by atoms with E-state index in [9.17, 15) is 13.2 Å². The molecule has 0 fully saturated rings. The first kappa shape index (κ1) is 15.3. The molecule has 96 valence electrons. The molecule has 0 atom stereocenters. The molecule has 0 saturated heterocycles. The highest BCUT2D eigenvalue weighted by molar-refractivity contribution is 7.89. The van der Waals surface area contributed by atoms with Gasteiger partial charge in [-0.2, -0.15) is 4.31 Å². The maximum absolute atomic E-state index is 11.7. The van der Waals surface area contributed by atoms with Gasteiger partial charge in [0.05, 0.1) is 17.9 Å². The van der Waals surface area contributed by atoms with Crippen LogP contribution in [-0.2, 0) is 14.8 Å². The van der Waals surface area contributed by atoms with Gasteiger partial charge in [-0.25, -0.2) is 8.42 Å². The van der Waals surface area contributed by atoms with Crippen molar-refractivity contribution in [2.24, 2.45) is 0 Å². The van der Waals surface area contributed by atoms with Crippen molar-refractivity contribution in [1.29, 1.82) is 0 Å². The quantitative estimate of drug-likeness (QED) is 0.659. The third kappa shape index (κ3) is 4.46. The molecule has 0 aromatic carbocycles. The zero-order chi connectivity index (χ0) is 13.0. The van der Waals surface area contributed by atoms with Gasteiger partial charge in [-0.1, -0.05) is 0 Å². The molecule has 0 aliphatic heterocycles. The first-order valence-corrected chi connectivity index (χ1v) is 6.54. The normalized spacial score (nSPS) is 13.1. The molecule has 0 unspecified atom stereocenters. The van der Waals surface area contributed by atoms with Gasteiger partial charge in [-0.05, 0) is 20.3 Å². The van der Waals surface area contributed by atoms with Crippen LogP contribution in [0.1, 0.15) is 26.7 Å². The molecule has 16 heavy (non-hydrogen) atoms. The minimum absolute atomic E-state index is 0.0729. The van der Waals surface area contributed by atoms with Crippen LogP contribution in [0.4, 0.5) is 0 Å². The summed E-state index contributed by atoms with van der Waals surface area (Å²) in [6, 6.07) is 0. The molecule has 0 radical (unpaired) electrons. The summed E-state index contributed by atoms with van der Waals surface area (Å²) in [6.07, 6.45) is -0.101. The molecule has 0 amide bonds. The second kappa shape index (κ2) is 5.60. The molecular weight excluding hydrogens is 234 g/mol. The Morgan fingerprint density at radius 2 is 1.88 bits per heavy atom. The summed E-state index contributed by atoms with van der Waals surface area (Å²) in [6.45, 7) is 2.91. The van der Waals surface area contributed by atoms with Crippen molar-refractivity contribution in [1.82, 2.24) is 4.31 Å². The molecule has 0 aromatic heterocycles. The molecular formula is C9H19NO5S. The summed E-state index contributed by atoms with van der Waals surface area (Å²) in [4.78, 5) is 10.3. The number of carboxylic acids is 1. The van der Waals surface area contributed by atoms with Gasteiger partial charge in [0.2, 0.25) is 10.0 Å². The zero-order valence-corrected chi connectivity index (χ0v) is 10.6. The summed E-state index contributed by atoms with van der Waals surface area (Å²) in [5, 5.41) is 17.4. The van der Waals surface area contributed by atoms with Crippen LogP contribution in [0.2, 0.25) is 0 Å². The lowest BCUT2D eigenvalue weighted by molar-refractivity contribution is -0.137. The molecule has 7 heteroatoms. The second-order valence-corrected chi connectivity index (χ2v) is 6.37. The van der Waals surface area contributed by atoms with E-state index in [1.165, 1.54) is 7.05 Å². The average molecular weight is 253 g/mol. The molecule has 0 aliphatic rings. The van der Waals surface area contributed by atoms with E-state index in [0.29, 0.717) is 0 Å². The van der Waals surface area contributed by atoms with E-state index in [0.717, 1.165) is 4.31 Å². The van der Waals surface area contributed by atoms with E-state index in [4.69, 9.17) is 10.2 Å². The van der Waals surface area contributed by atoms with Crippen LogP contribution in [0.5, 0.6) is 0 Å². The standard InChI is InChI=1S/C9H19NO5S/c1-9(2,7-11)10(3)16(14,15)6-4-5-8(12)13/h11H,4-7H2,1-3H3,(H,12,13). The number of aliphatic carboxylic acids is 1. The molecule has 0 spiro atoms. The van der Waals surface area contributed by atoms with E-state index >= 15 is 0 Å². The Bertz CT molecular complexity index is 336. The maximum Gasteiger partial charge on any atom is 0.303 e. The number of carboxylic acid groups (broad SMARTS) is 1. The minimum Gasteiger partial charge on any atom is -0.481 e. The highest BCUT2D eigenvalue weighted by Gasteiger charge is 2.31. The van der Waals surface area contributed by atoms with E-state index in [1.807, 2.05) is 0 Å². The number of aliphatic hydroxyl groups excluding tert-OH is 1. The number of hydrogen-bond acceptors (Lipinski definition) is 4. The first-order chi connectivity index (χ1) is 7.13. The predicted molar refractivity (Wildman–Crippen MR) is 59.6 cm³/mol. The first-order valence-electron chi connectivity index (χ1n) is 4.93. The van der Waals surface area contributed by atoms with Crippen molar-refractivity contribution >= 4 is 16.0 Å². The summed E-state index contributed by atoms with van der Waals surface area (Å²) in [5.41, 5.74) is -0.873. The van der Waals surface area contributed by atoms with Gasteiger partial charge in [-0.3, -0.25) is 4.79 Å². The molecule has 2 N–H and O–H groups in total. The minimum atomic E-state index is -3.52. The largest absolute Gasteiger partial charge is 0.481 e. The van der Waals surface area contributed by atoms with E-state index in [2.05, 4.69) is 0 Å². The van der Waals surface area contributed by atoms with Crippen LogP contribution < -0.4 is 0 Å². The van der Waals surface area contributed by atoms with Gasteiger partial charge in [0, 0.05) is 13.5 Å². The van der Waals surface area contributed by atoms with E-state index in [1.54, 1.807) is 13.8 Å². The van der Waals surface area contributed by atoms with Crippen molar-refractivity contribution in [2.75, 3.05) is 19.4 Å². The number of aliphatic hydroxyl groups is 1. The van der Waals surface area contributed by atoms with Crippen LogP contribution in [0, 0.1) is 0 Å². The Morgan fingerprint density at radius 1 is 1.38 bits per heavy atom. The smallest absolute Gasteiger partial charge is 0.303 e. The Morgan fingerprint density at radius 3 is 2.25 bits per heavy atom. The number of likely N-dealkylation sites (N-methyl/N-ethyl adjacent to an activating group) is 1. The van der Waals surface area contributed by atoms with Crippen molar-refractivity contribution in [3.05, 3.63) is 0 Å². The molecule has 0 heterocycles. The Kier molecular flexibility index (Phi) is 5.37. The molecule has 0 bridgehead atoms. The van der Waals surface area contributed by atoms with Gasteiger partial charge in [0.15, 0.2) is 0 Å². The number of carbonyl (C=O) groups is 1. The maximum atomic E-state index is 11.7.